The van der Waals surface area contributed by atoms with Gasteiger partial charge in [-0.2, -0.15) is 4.98 Å². The molecule has 2 aliphatic rings. The van der Waals surface area contributed by atoms with Gasteiger partial charge in [0.15, 0.2) is 17.8 Å². The summed E-state index contributed by atoms with van der Waals surface area (Å²) < 4.78 is 66.0. The highest BCUT2D eigenvalue weighted by atomic mass is 35.5. The number of ether oxygens (including phenoxy) is 3. The predicted molar refractivity (Wildman–Crippen MR) is 94.7 cm³/mol. The first-order valence-electron chi connectivity index (χ1n) is 8.58. The van der Waals surface area contributed by atoms with E-state index in [1.54, 1.807) is 6.92 Å². The van der Waals surface area contributed by atoms with Gasteiger partial charge in [-0.3, -0.25) is 4.90 Å². The van der Waals surface area contributed by atoms with Crippen molar-refractivity contribution in [1.29, 1.82) is 0 Å². The molecule has 1 amide bonds. The summed E-state index contributed by atoms with van der Waals surface area (Å²) in [6.07, 6.45) is -7.39. The molecule has 1 aromatic carbocycles. The fourth-order valence-electron chi connectivity index (χ4n) is 3.14. The summed E-state index contributed by atoms with van der Waals surface area (Å²) in [4.78, 5) is 21.6. The number of cyclic esters (lactones) is 1. The zero-order chi connectivity index (χ0) is 21.6. The molecule has 0 aliphatic carbocycles. The van der Waals surface area contributed by atoms with Crippen LogP contribution in [0.5, 0.6) is 5.75 Å². The zero-order valence-corrected chi connectivity index (χ0v) is 15.9. The van der Waals surface area contributed by atoms with Gasteiger partial charge in [0.25, 0.3) is 0 Å². The van der Waals surface area contributed by atoms with Gasteiger partial charge in [-0.25, -0.2) is 14.2 Å². The Hall–Kier alpha value is -2.86. The standard InChI is InChI=1S/C17H13ClF4N4O4/c1-7-10-6-28-16(27)26(10)13-5-12(18)23-15(24-13)25-14(29-7)8-2-3-11(9(19)4-8)30-17(20,21)22/h2-5,7,10,14H,6H2,1H3,(H,23,24,25)/t7-,10-,14+/m1/s1. The van der Waals surface area contributed by atoms with Crippen molar-refractivity contribution in [3.63, 3.8) is 0 Å². The van der Waals surface area contributed by atoms with E-state index in [2.05, 4.69) is 20.0 Å². The van der Waals surface area contributed by atoms with E-state index in [-0.39, 0.29) is 29.1 Å². The number of hydrogen-bond acceptors (Lipinski definition) is 7. The smallest absolute Gasteiger partial charge is 0.447 e. The molecule has 160 valence electrons. The highest BCUT2D eigenvalue weighted by Crippen LogP contribution is 2.34. The number of benzene rings is 1. The molecule has 1 N–H and O–H groups in total. The summed E-state index contributed by atoms with van der Waals surface area (Å²) in [6, 6.07) is 3.67. The summed E-state index contributed by atoms with van der Waals surface area (Å²) >= 11 is 6.02. The number of fused-ring (bicyclic) bond motifs is 4. The summed E-state index contributed by atoms with van der Waals surface area (Å²) in [5.41, 5.74) is 0.137. The van der Waals surface area contributed by atoms with Gasteiger partial charge in [-0.15, -0.1) is 13.2 Å². The second-order valence-electron chi connectivity index (χ2n) is 6.49. The lowest BCUT2D eigenvalue weighted by Crippen LogP contribution is -2.43. The second kappa shape index (κ2) is 7.43. The second-order valence-corrected chi connectivity index (χ2v) is 6.88. The Kier molecular flexibility index (Phi) is 5.06. The van der Waals surface area contributed by atoms with Crippen molar-refractivity contribution in [1.82, 2.24) is 9.97 Å². The molecule has 4 rings (SSSR count). The molecule has 2 aromatic rings. The van der Waals surface area contributed by atoms with E-state index in [9.17, 15) is 22.4 Å². The molecule has 2 bridgehead atoms. The molecule has 13 heteroatoms. The van der Waals surface area contributed by atoms with E-state index in [1.165, 1.54) is 17.0 Å². The van der Waals surface area contributed by atoms with Crippen LogP contribution in [-0.2, 0) is 9.47 Å². The molecule has 1 saturated heterocycles. The van der Waals surface area contributed by atoms with Crippen molar-refractivity contribution in [2.24, 2.45) is 0 Å². The van der Waals surface area contributed by atoms with Gasteiger partial charge in [0.05, 0.1) is 6.10 Å². The molecule has 0 spiro atoms. The van der Waals surface area contributed by atoms with Crippen molar-refractivity contribution in [3.05, 3.63) is 40.8 Å². The third kappa shape index (κ3) is 4.05. The number of carbonyl (C=O) groups excluding carboxylic acids is 1. The quantitative estimate of drug-likeness (QED) is 0.548. The fourth-order valence-corrected chi connectivity index (χ4v) is 3.32. The van der Waals surface area contributed by atoms with Crippen molar-refractivity contribution < 1.29 is 36.6 Å². The number of alkyl halides is 3. The molecule has 30 heavy (non-hydrogen) atoms. The van der Waals surface area contributed by atoms with Crippen LogP contribution in [0.4, 0.5) is 34.1 Å². The van der Waals surface area contributed by atoms with Gasteiger partial charge < -0.3 is 19.5 Å². The van der Waals surface area contributed by atoms with Gasteiger partial charge in [-0.1, -0.05) is 17.7 Å². The molecule has 0 saturated carbocycles. The third-order valence-electron chi connectivity index (χ3n) is 4.47. The lowest BCUT2D eigenvalue weighted by atomic mass is 10.1. The van der Waals surface area contributed by atoms with E-state index in [0.29, 0.717) is 0 Å². The zero-order valence-electron chi connectivity index (χ0n) is 15.1. The van der Waals surface area contributed by atoms with Crippen molar-refractivity contribution in [2.45, 2.75) is 31.7 Å². The first-order valence-corrected chi connectivity index (χ1v) is 8.96. The van der Waals surface area contributed by atoms with Gasteiger partial charge in [-0.05, 0) is 19.1 Å². The Bertz CT molecular complexity index is 993. The number of amides is 1. The number of halogens is 5. The molecule has 2 aliphatic heterocycles. The minimum atomic E-state index is -5.03. The number of aromatic nitrogens is 2. The molecule has 1 fully saturated rings. The molecule has 3 atom stereocenters. The maximum atomic E-state index is 14.2. The number of carbonyl (C=O) groups is 1. The Morgan fingerprint density at radius 3 is 2.77 bits per heavy atom. The molecule has 3 heterocycles. The van der Waals surface area contributed by atoms with E-state index >= 15 is 0 Å². The molecule has 0 radical (unpaired) electrons. The SMILES string of the molecule is C[C@H]1O[C@@H](c2ccc(OC(F)(F)F)c(F)c2)Nc2nc(Cl)cc(n2)N2C(=O)OC[C@H]12. The van der Waals surface area contributed by atoms with E-state index in [1.807, 2.05) is 0 Å². The maximum absolute atomic E-state index is 14.2. The fraction of sp³-hybridized carbons (Fsp3) is 0.353. The van der Waals surface area contributed by atoms with E-state index in [0.717, 1.165) is 12.1 Å². The molecular weight excluding hydrogens is 436 g/mol. The third-order valence-corrected chi connectivity index (χ3v) is 4.66. The Morgan fingerprint density at radius 1 is 1.30 bits per heavy atom. The lowest BCUT2D eigenvalue weighted by molar-refractivity contribution is -0.275. The van der Waals surface area contributed by atoms with Gasteiger partial charge in [0.2, 0.25) is 5.95 Å². The van der Waals surface area contributed by atoms with Crippen LogP contribution >= 0.6 is 11.6 Å². The van der Waals surface area contributed by atoms with Crippen LogP contribution in [-0.4, -0.2) is 41.2 Å². The number of hydrogen-bond donors (Lipinski definition) is 1. The Balaban J connectivity index is 1.70. The normalized spacial score (nSPS) is 23.6. The van der Waals surface area contributed by atoms with Crippen LogP contribution in [0.3, 0.4) is 0 Å². The van der Waals surface area contributed by atoms with Gasteiger partial charge in [0, 0.05) is 11.6 Å². The van der Waals surface area contributed by atoms with Gasteiger partial charge in [0.1, 0.15) is 23.6 Å². The summed E-state index contributed by atoms with van der Waals surface area (Å²) in [5, 5.41) is 2.83. The highest BCUT2D eigenvalue weighted by Gasteiger charge is 2.41. The van der Waals surface area contributed by atoms with Gasteiger partial charge >= 0.3 is 12.5 Å². The molecule has 0 unspecified atom stereocenters. The van der Waals surface area contributed by atoms with Crippen LogP contribution in [0.2, 0.25) is 5.15 Å². The van der Waals surface area contributed by atoms with Crippen LogP contribution in [0.15, 0.2) is 24.3 Å². The minimum Gasteiger partial charge on any atom is -0.447 e. The first kappa shape index (κ1) is 20.4. The average Bonchev–Trinajstić information content (AvgIpc) is 3.03. The lowest BCUT2D eigenvalue weighted by Gasteiger charge is -2.28. The number of rotatable bonds is 2. The first-order chi connectivity index (χ1) is 14.1. The molecule has 8 nitrogen and oxygen atoms in total. The summed E-state index contributed by atoms with van der Waals surface area (Å²) in [6.45, 7) is 1.67. The van der Waals surface area contributed by atoms with Crippen LogP contribution < -0.4 is 15.0 Å². The number of nitrogens with one attached hydrogen (secondary N) is 1. The topological polar surface area (TPSA) is 85.8 Å². The Labute approximate surface area is 171 Å². The largest absolute Gasteiger partial charge is 0.573 e. The monoisotopic (exact) mass is 448 g/mol. The average molecular weight is 449 g/mol. The van der Waals surface area contributed by atoms with Crippen molar-refractivity contribution in [2.75, 3.05) is 16.8 Å². The summed E-state index contributed by atoms with van der Waals surface area (Å²) in [7, 11) is 0. The predicted octanol–water partition coefficient (Wildman–Crippen LogP) is 4.02. The van der Waals surface area contributed by atoms with E-state index < -0.39 is 42.4 Å². The van der Waals surface area contributed by atoms with E-state index in [4.69, 9.17) is 21.1 Å². The number of anilines is 2. The molecular formula is C17H13ClF4N4O4. The molecule has 1 aromatic heterocycles. The maximum Gasteiger partial charge on any atom is 0.573 e. The Morgan fingerprint density at radius 2 is 2.07 bits per heavy atom. The highest BCUT2D eigenvalue weighted by molar-refractivity contribution is 6.29. The summed E-state index contributed by atoms with van der Waals surface area (Å²) in [5.74, 6) is -2.08. The minimum absolute atomic E-state index is 0.0103. The number of nitrogens with zero attached hydrogens (tertiary/aromatic N) is 3. The van der Waals surface area contributed by atoms with Crippen LogP contribution in [0.1, 0.15) is 18.7 Å². The van der Waals surface area contributed by atoms with Crippen molar-refractivity contribution in [3.8, 4) is 5.75 Å². The van der Waals surface area contributed by atoms with Crippen LogP contribution in [0, 0.1) is 5.82 Å². The van der Waals surface area contributed by atoms with Crippen molar-refractivity contribution >= 4 is 29.5 Å². The van der Waals surface area contributed by atoms with Crippen LogP contribution in [0.25, 0.3) is 0 Å².